The molecule has 1 aliphatic rings. The SMILES string of the molecule is CC[C@H](N)C(=O)NCC(C)CN1CCOCC1. The fraction of sp³-hybridized carbons (Fsp3) is 0.917. The number of nitrogens with zero attached hydrogens (tertiary/aromatic N) is 1. The number of carbonyl (C=O) groups is 1. The molecular weight excluding hydrogens is 218 g/mol. The van der Waals surface area contributed by atoms with Crippen molar-refractivity contribution in [3.8, 4) is 0 Å². The summed E-state index contributed by atoms with van der Waals surface area (Å²) < 4.78 is 5.30. The van der Waals surface area contributed by atoms with Gasteiger partial charge in [-0.15, -0.1) is 0 Å². The van der Waals surface area contributed by atoms with Crippen molar-refractivity contribution in [2.75, 3.05) is 39.4 Å². The molecule has 17 heavy (non-hydrogen) atoms. The van der Waals surface area contributed by atoms with Crippen LogP contribution in [0.3, 0.4) is 0 Å². The highest BCUT2D eigenvalue weighted by Crippen LogP contribution is 2.02. The quantitative estimate of drug-likeness (QED) is 0.678. The molecule has 1 rings (SSSR count). The first-order valence-electron chi connectivity index (χ1n) is 6.46. The maximum Gasteiger partial charge on any atom is 0.236 e. The summed E-state index contributed by atoms with van der Waals surface area (Å²) in [6, 6.07) is -0.370. The van der Waals surface area contributed by atoms with E-state index in [0.717, 1.165) is 32.8 Å². The van der Waals surface area contributed by atoms with Crippen LogP contribution in [0, 0.1) is 5.92 Å². The van der Waals surface area contributed by atoms with E-state index >= 15 is 0 Å². The van der Waals surface area contributed by atoms with Crippen LogP contribution in [0.25, 0.3) is 0 Å². The Kier molecular flexibility index (Phi) is 6.47. The van der Waals surface area contributed by atoms with Crippen molar-refractivity contribution in [2.24, 2.45) is 11.7 Å². The lowest BCUT2D eigenvalue weighted by atomic mass is 10.1. The predicted molar refractivity (Wildman–Crippen MR) is 67.7 cm³/mol. The molecule has 1 amide bonds. The molecule has 2 atom stereocenters. The van der Waals surface area contributed by atoms with Gasteiger partial charge in [-0.1, -0.05) is 13.8 Å². The lowest BCUT2D eigenvalue weighted by Crippen LogP contribution is -2.44. The normalized spacial score (nSPS) is 20.9. The summed E-state index contributed by atoms with van der Waals surface area (Å²) in [7, 11) is 0. The van der Waals surface area contributed by atoms with Gasteiger partial charge in [0, 0.05) is 26.2 Å². The van der Waals surface area contributed by atoms with E-state index < -0.39 is 0 Å². The minimum atomic E-state index is -0.370. The molecule has 1 fully saturated rings. The van der Waals surface area contributed by atoms with E-state index in [2.05, 4.69) is 17.1 Å². The van der Waals surface area contributed by atoms with Crippen molar-refractivity contribution in [1.82, 2.24) is 10.2 Å². The van der Waals surface area contributed by atoms with Crippen LogP contribution in [0.4, 0.5) is 0 Å². The molecule has 0 aromatic heterocycles. The van der Waals surface area contributed by atoms with E-state index in [4.69, 9.17) is 10.5 Å². The Morgan fingerprint density at radius 3 is 2.71 bits per heavy atom. The molecule has 1 saturated heterocycles. The number of amides is 1. The van der Waals surface area contributed by atoms with Crippen LogP contribution in [0.2, 0.25) is 0 Å². The number of carbonyl (C=O) groups excluding carboxylic acids is 1. The van der Waals surface area contributed by atoms with Gasteiger partial charge in [-0.2, -0.15) is 0 Å². The second kappa shape index (κ2) is 7.63. The predicted octanol–water partition coefficient (Wildman–Crippen LogP) is -0.192. The Labute approximate surface area is 104 Å². The van der Waals surface area contributed by atoms with Gasteiger partial charge < -0.3 is 15.8 Å². The third-order valence-electron chi connectivity index (χ3n) is 3.07. The topological polar surface area (TPSA) is 67.6 Å². The molecule has 0 saturated carbocycles. The molecular formula is C12H25N3O2. The van der Waals surface area contributed by atoms with E-state index in [-0.39, 0.29) is 11.9 Å². The Bertz CT molecular complexity index is 230. The number of ether oxygens (including phenoxy) is 1. The van der Waals surface area contributed by atoms with Gasteiger partial charge in [0.05, 0.1) is 19.3 Å². The number of hydrogen-bond acceptors (Lipinski definition) is 4. The zero-order valence-electron chi connectivity index (χ0n) is 10.9. The van der Waals surface area contributed by atoms with Crippen LogP contribution in [-0.4, -0.2) is 56.2 Å². The van der Waals surface area contributed by atoms with Crippen molar-refractivity contribution in [1.29, 1.82) is 0 Å². The van der Waals surface area contributed by atoms with E-state index in [1.165, 1.54) is 0 Å². The zero-order valence-corrected chi connectivity index (χ0v) is 10.9. The minimum absolute atomic E-state index is 0.0404. The summed E-state index contributed by atoms with van der Waals surface area (Å²) in [4.78, 5) is 13.9. The average molecular weight is 243 g/mol. The number of hydrogen-bond donors (Lipinski definition) is 2. The number of nitrogens with one attached hydrogen (secondary N) is 1. The molecule has 0 bridgehead atoms. The van der Waals surface area contributed by atoms with Crippen LogP contribution < -0.4 is 11.1 Å². The maximum absolute atomic E-state index is 11.5. The third kappa shape index (κ3) is 5.48. The van der Waals surface area contributed by atoms with Gasteiger partial charge in [0.1, 0.15) is 0 Å². The van der Waals surface area contributed by atoms with E-state index in [9.17, 15) is 4.79 Å². The molecule has 0 aromatic rings. The lowest BCUT2D eigenvalue weighted by Gasteiger charge is -2.29. The molecule has 0 aliphatic carbocycles. The van der Waals surface area contributed by atoms with Crippen molar-refractivity contribution in [3.63, 3.8) is 0 Å². The smallest absolute Gasteiger partial charge is 0.236 e. The van der Waals surface area contributed by atoms with E-state index in [0.29, 0.717) is 18.9 Å². The highest BCUT2D eigenvalue weighted by molar-refractivity contribution is 5.81. The molecule has 0 aromatic carbocycles. The van der Waals surface area contributed by atoms with Crippen molar-refractivity contribution in [3.05, 3.63) is 0 Å². The van der Waals surface area contributed by atoms with Gasteiger partial charge in [-0.05, 0) is 12.3 Å². The summed E-state index contributed by atoms with van der Waals surface area (Å²) in [5.41, 5.74) is 5.65. The molecule has 1 unspecified atom stereocenters. The monoisotopic (exact) mass is 243 g/mol. The third-order valence-corrected chi connectivity index (χ3v) is 3.07. The molecule has 1 aliphatic heterocycles. The van der Waals surface area contributed by atoms with Gasteiger partial charge in [0.25, 0.3) is 0 Å². The van der Waals surface area contributed by atoms with E-state index in [1.807, 2.05) is 6.92 Å². The molecule has 5 heteroatoms. The van der Waals surface area contributed by atoms with Gasteiger partial charge in [-0.3, -0.25) is 9.69 Å². The largest absolute Gasteiger partial charge is 0.379 e. The van der Waals surface area contributed by atoms with Gasteiger partial charge in [-0.25, -0.2) is 0 Å². The van der Waals surface area contributed by atoms with Crippen molar-refractivity contribution in [2.45, 2.75) is 26.3 Å². The fourth-order valence-electron chi connectivity index (χ4n) is 1.88. The Morgan fingerprint density at radius 2 is 2.12 bits per heavy atom. The minimum Gasteiger partial charge on any atom is -0.379 e. The highest BCUT2D eigenvalue weighted by atomic mass is 16.5. The molecule has 3 N–H and O–H groups in total. The lowest BCUT2D eigenvalue weighted by molar-refractivity contribution is -0.122. The summed E-state index contributed by atoms with van der Waals surface area (Å²) in [6.07, 6.45) is 0.684. The second-order valence-corrected chi connectivity index (χ2v) is 4.78. The summed E-state index contributed by atoms with van der Waals surface area (Å²) in [6.45, 7) is 9.39. The Morgan fingerprint density at radius 1 is 1.47 bits per heavy atom. The Balaban J connectivity index is 2.15. The highest BCUT2D eigenvalue weighted by Gasteiger charge is 2.15. The summed E-state index contributed by atoms with van der Waals surface area (Å²) in [5, 5.41) is 2.90. The summed E-state index contributed by atoms with van der Waals surface area (Å²) >= 11 is 0. The molecule has 100 valence electrons. The number of rotatable bonds is 6. The maximum atomic E-state index is 11.5. The molecule has 0 spiro atoms. The fourth-order valence-corrected chi connectivity index (χ4v) is 1.88. The molecule has 1 heterocycles. The van der Waals surface area contributed by atoms with Gasteiger partial charge in [0.15, 0.2) is 0 Å². The van der Waals surface area contributed by atoms with Crippen LogP contribution in [0.1, 0.15) is 20.3 Å². The van der Waals surface area contributed by atoms with E-state index in [1.54, 1.807) is 0 Å². The zero-order chi connectivity index (χ0) is 12.7. The first kappa shape index (κ1) is 14.4. The molecule has 0 radical (unpaired) electrons. The van der Waals surface area contributed by atoms with Gasteiger partial charge in [0.2, 0.25) is 5.91 Å². The van der Waals surface area contributed by atoms with Crippen LogP contribution in [0.15, 0.2) is 0 Å². The second-order valence-electron chi connectivity index (χ2n) is 4.78. The molecule has 5 nitrogen and oxygen atoms in total. The van der Waals surface area contributed by atoms with Crippen molar-refractivity contribution >= 4 is 5.91 Å². The first-order valence-corrected chi connectivity index (χ1v) is 6.46. The van der Waals surface area contributed by atoms with Crippen LogP contribution in [-0.2, 0) is 9.53 Å². The van der Waals surface area contributed by atoms with Crippen LogP contribution in [0.5, 0.6) is 0 Å². The first-order chi connectivity index (χ1) is 8.13. The van der Waals surface area contributed by atoms with Crippen molar-refractivity contribution < 1.29 is 9.53 Å². The average Bonchev–Trinajstić information content (AvgIpc) is 2.36. The van der Waals surface area contributed by atoms with Gasteiger partial charge >= 0.3 is 0 Å². The summed E-state index contributed by atoms with van der Waals surface area (Å²) in [5.74, 6) is 0.405. The Hall–Kier alpha value is -0.650. The van der Waals surface area contributed by atoms with Crippen LogP contribution >= 0.6 is 0 Å². The standard InChI is InChI=1S/C12H25N3O2/c1-3-11(13)12(16)14-8-10(2)9-15-4-6-17-7-5-15/h10-11H,3-9,13H2,1-2H3,(H,14,16)/t10?,11-/m0/s1. The number of morpholine rings is 1. The number of nitrogens with two attached hydrogens (primary N) is 1.